The van der Waals surface area contributed by atoms with Gasteiger partial charge in [0.05, 0.1) is 0 Å². The summed E-state index contributed by atoms with van der Waals surface area (Å²) < 4.78 is 86.1. The fourth-order valence-electron chi connectivity index (χ4n) is 8.54. The molecule has 3 saturated carbocycles. The van der Waals surface area contributed by atoms with Gasteiger partial charge in [-0.25, -0.2) is 0 Å². The first-order chi connectivity index (χ1) is 31.2. The number of aryl methyl sites for hydroxylation is 2. The van der Waals surface area contributed by atoms with Crippen molar-refractivity contribution in [1.29, 1.82) is 0 Å². The summed E-state index contributed by atoms with van der Waals surface area (Å²) in [4.78, 5) is 9.23. The molecule has 1 unspecified atom stereocenters. The molecular weight excluding hydrogens is 961 g/mol. The number of hydrogen-bond acceptors (Lipinski definition) is 3. The van der Waals surface area contributed by atoms with Crippen molar-refractivity contribution in [1.82, 2.24) is 9.97 Å². The predicted octanol–water partition coefficient (Wildman–Crippen LogP) is 14.2. The van der Waals surface area contributed by atoms with Crippen molar-refractivity contribution in [2.45, 2.75) is 96.6 Å². The van der Waals surface area contributed by atoms with Crippen LogP contribution in [0.1, 0.15) is 88.8 Å². The fraction of sp³-hybridized carbons (Fsp3) is 0.358. The summed E-state index contributed by atoms with van der Waals surface area (Å²) in [6.07, 6.45) is 6.25. The molecule has 3 aromatic heterocycles. The van der Waals surface area contributed by atoms with Crippen LogP contribution < -0.4 is 4.40 Å². The Bertz CT molecular complexity index is 2910. The summed E-state index contributed by atoms with van der Waals surface area (Å²) in [5, 5.41) is 1.62. The van der Waals surface area contributed by atoms with Gasteiger partial charge >= 0.3 is 145 Å². The van der Waals surface area contributed by atoms with Crippen molar-refractivity contribution in [3.63, 3.8) is 0 Å². The first-order valence-corrected chi connectivity index (χ1v) is 28.4. The van der Waals surface area contributed by atoms with Gasteiger partial charge in [-0.3, -0.25) is 0 Å². The summed E-state index contributed by atoms with van der Waals surface area (Å²) in [5.41, 5.74) is 6.15. The van der Waals surface area contributed by atoms with Gasteiger partial charge in [0.25, 0.3) is 0 Å². The van der Waals surface area contributed by atoms with Crippen molar-refractivity contribution in [2.24, 2.45) is 23.2 Å². The molecule has 3 aliphatic carbocycles. The number of benzene rings is 4. The molecule has 5 heteroatoms. The summed E-state index contributed by atoms with van der Waals surface area (Å²) in [6, 6.07) is 34.5. The first-order valence-electron chi connectivity index (χ1n) is 25.2. The molecule has 2 nitrogen and oxygen atoms in total. The molecule has 58 heavy (non-hydrogen) atoms. The van der Waals surface area contributed by atoms with E-state index in [1.165, 1.54) is 18.9 Å². The van der Waals surface area contributed by atoms with E-state index in [4.69, 9.17) is 11.0 Å². The zero-order chi connectivity index (χ0) is 48.5. The van der Waals surface area contributed by atoms with E-state index < -0.39 is 45.1 Å². The standard InChI is InChI=1S/C33H30NS.C20H28GeN.Ir/c1-21-7-13-28(30-19-23(15-16-34-30)18-27-17-22-8-10-25(27)11-9-22)33-32(21)29-14-12-26(20-31(29)35-33)24-5-3-2-4-6-24;1-15-8-10-16(11-9-15)19-12-17(13-20(2,3)4)18(14-22-19)21(5,6)7;/h2-7,12,14-16,19-20,22,25,27H,8-11,17-18H2,1H3;8-10,12,14H,13H2,1-7H3;/q2*-1;/i1D3,18D2;1D3,13D2;. The smallest absolute Gasteiger partial charge is 0.0319 e. The molecule has 0 amide bonds. The molecule has 2 bridgehead atoms. The normalized spacial score (nSPS) is 21.3. The van der Waals surface area contributed by atoms with Crippen molar-refractivity contribution in [3.8, 4) is 33.6 Å². The van der Waals surface area contributed by atoms with Crippen molar-refractivity contribution in [2.75, 3.05) is 0 Å². The van der Waals surface area contributed by atoms with Crippen LogP contribution in [-0.2, 0) is 32.9 Å². The van der Waals surface area contributed by atoms with E-state index in [0.29, 0.717) is 45.3 Å². The Kier molecular flexibility index (Phi) is 9.59. The van der Waals surface area contributed by atoms with E-state index in [-0.39, 0.29) is 37.2 Å². The zero-order valence-electron chi connectivity index (χ0n) is 44.2. The van der Waals surface area contributed by atoms with Gasteiger partial charge < -0.3 is 4.98 Å². The Morgan fingerprint density at radius 3 is 2.33 bits per heavy atom. The van der Waals surface area contributed by atoms with E-state index >= 15 is 0 Å². The minimum absolute atomic E-state index is 0. The summed E-state index contributed by atoms with van der Waals surface area (Å²) >= 11 is -0.797. The number of thiophene rings is 1. The van der Waals surface area contributed by atoms with E-state index in [0.717, 1.165) is 55.1 Å². The van der Waals surface area contributed by atoms with Gasteiger partial charge in [0, 0.05) is 37.9 Å². The second-order valence-electron chi connectivity index (χ2n) is 17.9. The van der Waals surface area contributed by atoms with Crippen molar-refractivity contribution >= 4 is 49.2 Å². The van der Waals surface area contributed by atoms with Crippen LogP contribution in [0, 0.1) is 49.0 Å². The van der Waals surface area contributed by atoms with Crippen LogP contribution in [0.2, 0.25) is 17.3 Å². The van der Waals surface area contributed by atoms with Crippen LogP contribution in [0.25, 0.3) is 53.8 Å². The molecule has 4 aromatic carbocycles. The molecule has 0 N–H and O–H groups in total. The van der Waals surface area contributed by atoms with E-state index in [1.54, 1.807) is 35.7 Å². The predicted molar refractivity (Wildman–Crippen MR) is 248 cm³/mol. The van der Waals surface area contributed by atoms with Gasteiger partial charge in [0.15, 0.2) is 0 Å². The summed E-state index contributed by atoms with van der Waals surface area (Å²) in [6.45, 7) is 1.27. The molecule has 3 fully saturated rings. The maximum absolute atomic E-state index is 9.20. The first kappa shape index (κ1) is 31.5. The van der Waals surface area contributed by atoms with Gasteiger partial charge in [-0.05, 0) is 82.4 Å². The number of pyridine rings is 2. The fourth-order valence-corrected chi connectivity index (χ4v) is 12.7. The topological polar surface area (TPSA) is 25.8 Å². The second kappa shape index (κ2) is 17.7. The third-order valence-corrected chi connectivity index (χ3v) is 16.8. The average molecular weight is 1030 g/mol. The van der Waals surface area contributed by atoms with Crippen LogP contribution in [-0.4, -0.2) is 23.2 Å². The largest absolute Gasteiger partial charge is 0.305 e. The van der Waals surface area contributed by atoms with Gasteiger partial charge in [-0.1, -0.05) is 79.2 Å². The SMILES string of the molecule is [2H]C([2H])([2H])c1c[c-]c(-c2cc(C([2H])([2H])C(C)(C)C)[c]([Ge]([CH3])([CH3])[CH3])cn2)cc1.[2H]C([2H])([2H])c1c[c-]c(-c2cc(C([2H])([2H])C3CC4CCC3CC4)ccn2)c2sc3cc(-c4ccccc4)ccc3c12.[Ir]. The number of aromatic nitrogens is 2. The van der Waals surface area contributed by atoms with E-state index in [9.17, 15) is 2.74 Å². The minimum Gasteiger partial charge on any atom is -0.305 e. The molecule has 0 aliphatic heterocycles. The van der Waals surface area contributed by atoms with E-state index in [2.05, 4.69) is 63.6 Å². The molecule has 1 atom stereocenters. The molecule has 3 heterocycles. The Balaban J connectivity index is 0.000000215. The maximum atomic E-state index is 9.20. The van der Waals surface area contributed by atoms with Crippen molar-refractivity contribution < 1.29 is 33.8 Å². The molecule has 1 radical (unpaired) electrons. The van der Waals surface area contributed by atoms with Crippen LogP contribution in [0.3, 0.4) is 0 Å². The zero-order valence-corrected chi connectivity index (χ0v) is 39.5. The van der Waals surface area contributed by atoms with Gasteiger partial charge in [0.1, 0.15) is 0 Å². The average Bonchev–Trinajstić information content (AvgIpc) is 3.67. The van der Waals surface area contributed by atoms with Gasteiger partial charge in [-0.15, -0.1) is 23.3 Å². The molecule has 7 aromatic rings. The Hall–Kier alpha value is -3.41. The third-order valence-electron chi connectivity index (χ3n) is 11.4. The Morgan fingerprint density at radius 2 is 1.66 bits per heavy atom. The second-order valence-corrected chi connectivity index (χ2v) is 29.5. The van der Waals surface area contributed by atoms with Crippen LogP contribution >= 0.6 is 11.3 Å². The monoisotopic (exact) mass is 1030 g/mol. The molecule has 301 valence electrons. The van der Waals surface area contributed by atoms with Crippen LogP contribution in [0.5, 0.6) is 0 Å². The summed E-state index contributed by atoms with van der Waals surface area (Å²) in [7, 11) is 0. The van der Waals surface area contributed by atoms with Gasteiger partial charge in [0.2, 0.25) is 0 Å². The molecular formula is C53H58GeIrN2S-2. The number of nitrogens with zero attached hydrogens (tertiary/aromatic N) is 2. The number of hydrogen-bond donors (Lipinski definition) is 0. The van der Waals surface area contributed by atoms with Crippen LogP contribution in [0.15, 0.2) is 103 Å². The number of fused-ring (bicyclic) bond motifs is 6. The van der Waals surface area contributed by atoms with Crippen LogP contribution in [0.4, 0.5) is 0 Å². The van der Waals surface area contributed by atoms with Crippen molar-refractivity contribution in [3.05, 3.63) is 138 Å². The number of rotatable bonds is 7. The molecule has 3 aliphatic rings. The maximum Gasteiger partial charge on any atom is 0.0319 e. The summed E-state index contributed by atoms with van der Waals surface area (Å²) in [5.74, 6) is 7.81. The third kappa shape index (κ3) is 9.63. The molecule has 10 rings (SSSR count). The Morgan fingerprint density at radius 1 is 0.845 bits per heavy atom. The minimum atomic E-state index is -2.36. The van der Waals surface area contributed by atoms with E-state index in [1.807, 2.05) is 69.4 Å². The quantitative estimate of drug-likeness (QED) is 0.117. The Labute approximate surface area is 382 Å². The molecule has 0 saturated heterocycles. The molecule has 0 spiro atoms. The van der Waals surface area contributed by atoms with Gasteiger partial charge in [-0.2, -0.15) is 11.3 Å².